The highest BCUT2D eigenvalue weighted by molar-refractivity contribution is 5.90. The molecule has 3 amide bonds. The van der Waals surface area contributed by atoms with Gasteiger partial charge in [0.15, 0.2) is 0 Å². The number of rotatable bonds is 7. The first kappa shape index (κ1) is 25.9. The second kappa shape index (κ2) is 11.0. The molecule has 2 atom stereocenters. The highest BCUT2D eigenvalue weighted by atomic mass is 16.6. The number of hydrogen-bond donors (Lipinski definition) is 4. The van der Waals surface area contributed by atoms with Crippen LogP contribution in [0.25, 0.3) is 0 Å². The lowest BCUT2D eigenvalue weighted by molar-refractivity contribution is -0.150. The number of ether oxygens (including phenoxy) is 1. The quantitative estimate of drug-likeness (QED) is 0.427. The standard InChI is InChI=1S/C22H38N4O6/c1-21(2,3)32-20(31)25-22(4,19(29)30)24-18(28)16-6-5-13-26(14-16)17(27)8-7-15-9-11-23-12-10-15/h15-16,23H,5-14H2,1-4H3,(H,24,28)(H,25,31)(H,29,30)/t16-,22-/m1/s1. The molecule has 0 bridgehead atoms. The first-order chi connectivity index (χ1) is 14.9. The van der Waals surface area contributed by atoms with Crippen LogP contribution in [-0.4, -0.2) is 71.3 Å². The smallest absolute Gasteiger partial charge is 0.409 e. The fourth-order valence-electron chi connectivity index (χ4n) is 4.07. The molecule has 10 nitrogen and oxygen atoms in total. The lowest BCUT2D eigenvalue weighted by Gasteiger charge is -2.35. The Labute approximate surface area is 189 Å². The fourth-order valence-corrected chi connectivity index (χ4v) is 4.07. The number of carboxylic acid groups (broad SMARTS) is 1. The largest absolute Gasteiger partial charge is 0.478 e. The van der Waals surface area contributed by atoms with Crippen LogP contribution in [0, 0.1) is 11.8 Å². The number of amides is 3. The van der Waals surface area contributed by atoms with Gasteiger partial charge in [0.2, 0.25) is 17.5 Å². The molecule has 0 saturated carbocycles. The van der Waals surface area contributed by atoms with Gasteiger partial charge in [-0.05, 0) is 78.8 Å². The van der Waals surface area contributed by atoms with Crippen molar-refractivity contribution in [2.75, 3.05) is 26.2 Å². The molecule has 2 heterocycles. The molecule has 10 heteroatoms. The zero-order chi connectivity index (χ0) is 23.9. The monoisotopic (exact) mass is 454 g/mol. The van der Waals surface area contributed by atoms with Crippen LogP contribution in [0.1, 0.15) is 66.2 Å². The summed E-state index contributed by atoms with van der Waals surface area (Å²) < 4.78 is 5.11. The van der Waals surface area contributed by atoms with Gasteiger partial charge in [-0.15, -0.1) is 0 Å². The average molecular weight is 455 g/mol. The number of nitrogens with zero attached hydrogens (tertiary/aromatic N) is 1. The maximum Gasteiger partial charge on any atom is 0.409 e. The van der Waals surface area contributed by atoms with E-state index in [1.807, 2.05) is 0 Å². The van der Waals surface area contributed by atoms with Gasteiger partial charge in [-0.25, -0.2) is 9.59 Å². The van der Waals surface area contributed by atoms with E-state index >= 15 is 0 Å². The number of carboxylic acids is 1. The summed E-state index contributed by atoms with van der Waals surface area (Å²) in [6, 6.07) is 0. The van der Waals surface area contributed by atoms with E-state index in [0.29, 0.717) is 31.7 Å². The number of likely N-dealkylation sites (tertiary alicyclic amines) is 1. The summed E-state index contributed by atoms with van der Waals surface area (Å²) in [6.07, 6.45) is 3.75. The molecular weight excluding hydrogens is 416 g/mol. The highest BCUT2D eigenvalue weighted by Gasteiger charge is 2.40. The summed E-state index contributed by atoms with van der Waals surface area (Å²) in [5, 5.41) is 17.6. The van der Waals surface area contributed by atoms with Crippen LogP contribution < -0.4 is 16.0 Å². The minimum atomic E-state index is -2.03. The van der Waals surface area contributed by atoms with E-state index in [4.69, 9.17) is 4.74 Å². The van der Waals surface area contributed by atoms with E-state index in [2.05, 4.69) is 16.0 Å². The van der Waals surface area contributed by atoms with Crippen molar-refractivity contribution >= 4 is 23.9 Å². The van der Waals surface area contributed by atoms with Crippen LogP contribution in [0.2, 0.25) is 0 Å². The molecule has 0 aromatic carbocycles. The summed E-state index contributed by atoms with van der Waals surface area (Å²) in [5.41, 5.74) is -2.84. The van der Waals surface area contributed by atoms with E-state index in [9.17, 15) is 24.3 Å². The van der Waals surface area contributed by atoms with E-state index in [1.165, 1.54) is 6.92 Å². The number of hydrogen-bond acceptors (Lipinski definition) is 6. The van der Waals surface area contributed by atoms with Crippen LogP contribution in [0.5, 0.6) is 0 Å². The Kier molecular flexibility index (Phi) is 8.89. The molecule has 2 aliphatic heterocycles. The van der Waals surface area contributed by atoms with Gasteiger partial charge in [0.25, 0.3) is 0 Å². The van der Waals surface area contributed by atoms with Crippen molar-refractivity contribution in [1.82, 2.24) is 20.9 Å². The van der Waals surface area contributed by atoms with E-state index in [1.54, 1.807) is 25.7 Å². The van der Waals surface area contributed by atoms with E-state index in [0.717, 1.165) is 32.4 Å². The normalized spacial score (nSPS) is 21.9. The highest BCUT2D eigenvalue weighted by Crippen LogP contribution is 2.22. The van der Waals surface area contributed by atoms with Crippen LogP contribution in [0.15, 0.2) is 0 Å². The predicted octanol–water partition coefficient (Wildman–Crippen LogP) is 1.45. The van der Waals surface area contributed by atoms with E-state index in [-0.39, 0.29) is 12.5 Å². The Hall–Kier alpha value is -2.36. The molecule has 0 unspecified atom stereocenters. The number of nitrogens with one attached hydrogen (secondary N) is 3. The molecule has 0 aliphatic carbocycles. The summed E-state index contributed by atoms with van der Waals surface area (Å²) in [6.45, 7) is 8.99. The van der Waals surface area contributed by atoms with Crippen molar-refractivity contribution in [3.63, 3.8) is 0 Å². The second-order valence-corrected chi connectivity index (χ2v) is 9.96. The zero-order valence-corrected chi connectivity index (χ0v) is 19.7. The summed E-state index contributed by atoms with van der Waals surface area (Å²) in [4.78, 5) is 51.1. The molecule has 0 spiro atoms. The maximum atomic E-state index is 12.8. The Morgan fingerprint density at radius 1 is 1.06 bits per heavy atom. The van der Waals surface area contributed by atoms with Crippen molar-refractivity contribution in [1.29, 1.82) is 0 Å². The van der Waals surface area contributed by atoms with Crippen molar-refractivity contribution in [2.45, 2.75) is 77.5 Å². The van der Waals surface area contributed by atoms with Gasteiger partial charge in [-0.1, -0.05) is 0 Å². The van der Waals surface area contributed by atoms with Crippen molar-refractivity contribution < 1.29 is 29.0 Å². The third-order valence-corrected chi connectivity index (χ3v) is 5.92. The topological polar surface area (TPSA) is 137 Å². The Morgan fingerprint density at radius 3 is 2.31 bits per heavy atom. The number of carbonyl (C=O) groups excluding carboxylic acids is 3. The lowest BCUT2D eigenvalue weighted by Crippen LogP contribution is -2.65. The summed E-state index contributed by atoms with van der Waals surface area (Å²) in [5.74, 6) is -1.87. The molecule has 2 fully saturated rings. The first-order valence-electron chi connectivity index (χ1n) is 11.4. The molecule has 2 aliphatic rings. The van der Waals surface area contributed by atoms with Crippen molar-refractivity contribution in [3.05, 3.63) is 0 Å². The van der Waals surface area contributed by atoms with Gasteiger partial charge in [-0.2, -0.15) is 0 Å². The van der Waals surface area contributed by atoms with Crippen LogP contribution in [-0.2, 0) is 19.1 Å². The summed E-state index contributed by atoms with van der Waals surface area (Å²) in [7, 11) is 0. The number of carbonyl (C=O) groups is 4. The number of piperidine rings is 2. The molecule has 0 radical (unpaired) electrons. The molecular formula is C22H38N4O6. The fraction of sp³-hybridized carbons (Fsp3) is 0.818. The number of aliphatic carboxylic acids is 1. The maximum absolute atomic E-state index is 12.8. The Bertz CT molecular complexity index is 701. The molecule has 32 heavy (non-hydrogen) atoms. The first-order valence-corrected chi connectivity index (χ1v) is 11.4. The van der Waals surface area contributed by atoms with Gasteiger partial charge in [-0.3, -0.25) is 14.9 Å². The molecule has 0 aromatic rings. The molecule has 4 N–H and O–H groups in total. The van der Waals surface area contributed by atoms with Crippen LogP contribution >= 0.6 is 0 Å². The second-order valence-electron chi connectivity index (χ2n) is 9.96. The molecule has 2 rings (SSSR count). The zero-order valence-electron chi connectivity index (χ0n) is 19.7. The minimum absolute atomic E-state index is 0.0360. The third-order valence-electron chi connectivity index (χ3n) is 5.92. The predicted molar refractivity (Wildman–Crippen MR) is 118 cm³/mol. The van der Waals surface area contributed by atoms with Crippen LogP contribution in [0.4, 0.5) is 4.79 Å². The van der Waals surface area contributed by atoms with Crippen molar-refractivity contribution in [2.24, 2.45) is 11.8 Å². The van der Waals surface area contributed by atoms with Gasteiger partial charge >= 0.3 is 12.1 Å². The molecule has 2 saturated heterocycles. The minimum Gasteiger partial charge on any atom is -0.478 e. The molecule has 182 valence electrons. The summed E-state index contributed by atoms with van der Waals surface area (Å²) >= 11 is 0. The molecule has 0 aromatic heterocycles. The van der Waals surface area contributed by atoms with Gasteiger partial charge < -0.3 is 25.4 Å². The Balaban J connectivity index is 1.91. The number of alkyl carbamates (subject to hydrolysis) is 1. The Morgan fingerprint density at radius 2 is 1.72 bits per heavy atom. The van der Waals surface area contributed by atoms with Crippen molar-refractivity contribution in [3.8, 4) is 0 Å². The average Bonchev–Trinajstić information content (AvgIpc) is 2.71. The lowest BCUT2D eigenvalue weighted by atomic mass is 9.92. The SMILES string of the molecule is CC(C)(C)OC(=O)N[C@@](C)(NC(=O)[C@@H]1CCCN(C(=O)CCC2CCNCC2)C1)C(=O)O. The van der Waals surface area contributed by atoms with Crippen LogP contribution in [0.3, 0.4) is 0 Å². The van der Waals surface area contributed by atoms with Gasteiger partial charge in [0.1, 0.15) is 5.60 Å². The van der Waals surface area contributed by atoms with Gasteiger partial charge in [0, 0.05) is 19.5 Å². The van der Waals surface area contributed by atoms with E-state index < -0.39 is 35.2 Å². The van der Waals surface area contributed by atoms with Gasteiger partial charge in [0.05, 0.1) is 5.92 Å². The third kappa shape index (κ3) is 7.96.